The number of hydrogen-bond acceptors (Lipinski definition) is 5. The van der Waals surface area contributed by atoms with Crippen molar-refractivity contribution in [3.05, 3.63) is 36.3 Å². The third-order valence-corrected chi connectivity index (χ3v) is 4.68. The maximum atomic E-state index is 12.1. The monoisotopic (exact) mass is 312 g/mol. The Kier molecular flexibility index (Phi) is 5.16. The molecule has 2 aromatic heterocycles. The van der Waals surface area contributed by atoms with Crippen molar-refractivity contribution in [1.29, 1.82) is 0 Å². The van der Waals surface area contributed by atoms with E-state index in [1.54, 1.807) is 19.4 Å². The summed E-state index contributed by atoms with van der Waals surface area (Å²) in [6.45, 7) is 3.01. The average Bonchev–Trinajstić information content (AvgIpc) is 3.07. The molecule has 0 aliphatic heterocycles. The topological polar surface area (TPSA) is 103 Å². The Morgan fingerprint density at radius 3 is 2.86 bits per heavy atom. The van der Waals surface area contributed by atoms with Crippen LogP contribution in [0.1, 0.15) is 24.4 Å². The van der Waals surface area contributed by atoms with Crippen LogP contribution in [0.4, 0.5) is 0 Å². The van der Waals surface area contributed by atoms with Gasteiger partial charge in [0.2, 0.25) is 10.0 Å². The van der Waals surface area contributed by atoms with Crippen molar-refractivity contribution in [2.75, 3.05) is 6.54 Å². The van der Waals surface area contributed by atoms with Gasteiger partial charge in [-0.3, -0.25) is 0 Å². The third-order valence-electron chi connectivity index (χ3n) is 3.11. The number of nitrogens with two attached hydrogens (primary N) is 1. The van der Waals surface area contributed by atoms with E-state index < -0.39 is 10.0 Å². The lowest BCUT2D eigenvalue weighted by Gasteiger charge is -2.06. The van der Waals surface area contributed by atoms with Crippen LogP contribution in [0.3, 0.4) is 0 Å². The fourth-order valence-corrected chi connectivity index (χ4v) is 3.29. The molecule has 2 rings (SSSR count). The highest BCUT2D eigenvalue weighted by molar-refractivity contribution is 7.89. The van der Waals surface area contributed by atoms with Crippen molar-refractivity contribution < 1.29 is 12.8 Å². The zero-order valence-electron chi connectivity index (χ0n) is 11.9. The summed E-state index contributed by atoms with van der Waals surface area (Å²) in [6.07, 6.45) is 6.97. The molecule has 0 unspecified atom stereocenters. The molecule has 0 aromatic carbocycles. The third kappa shape index (κ3) is 4.16. The lowest BCUT2D eigenvalue weighted by atomic mass is 10.3. The molecule has 0 atom stereocenters. The van der Waals surface area contributed by atoms with Crippen LogP contribution >= 0.6 is 0 Å². The van der Waals surface area contributed by atoms with Crippen LogP contribution in [0.15, 0.2) is 34.1 Å². The zero-order chi connectivity index (χ0) is 15.3. The minimum atomic E-state index is -3.53. The Morgan fingerprint density at radius 1 is 1.43 bits per heavy atom. The number of furan rings is 1. The summed E-state index contributed by atoms with van der Waals surface area (Å²) in [5, 5.41) is 0. The molecule has 0 radical (unpaired) electrons. The fraction of sp³-hybridized carbons (Fsp3) is 0.462. The van der Waals surface area contributed by atoms with Gasteiger partial charge in [-0.15, -0.1) is 0 Å². The second-order valence-electron chi connectivity index (χ2n) is 4.74. The van der Waals surface area contributed by atoms with E-state index in [2.05, 4.69) is 9.71 Å². The smallest absolute Gasteiger partial charge is 0.244 e. The van der Waals surface area contributed by atoms with Crippen molar-refractivity contribution in [3.8, 4) is 0 Å². The van der Waals surface area contributed by atoms with Crippen LogP contribution in [-0.4, -0.2) is 24.5 Å². The summed E-state index contributed by atoms with van der Waals surface area (Å²) in [6, 6.07) is 1.48. The van der Waals surface area contributed by atoms with Gasteiger partial charge in [0.15, 0.2) is 0 Å². The molecule has 0 fully saturated rings. The van der Waals surface area contributed by atoms with E-state index in [1.165, 1.54) is 6.07 Å². The summed E-state index contributed by atoms with van der Waals surface area (Å²) in [5.41, 5.74) is 5.44. The molecular weight excluding hydrogens is 292 g/mol. The summed E-state index contributed by atoms with van der Waals surface area (Å²) >= 11 is 0. The summed E-state index contributed by atoms with van der Waals surface area (Å²) in [7, 11) is -3.53. The van der Waals surface area contributed by atoms with Crippen molar-refractivity contribution in [2.24, 2.45) is 5.73 Å². The van der Waals surface area contributed by atoms with Gasteiger partial charge in [0.25, 0.3) is 0 Å². The first-order valence-electron chi connectivity index (χ1n) is 6.77. The molecule has 0 aliphatic rings. The first-order valence-corrected chi connectivity index (χ1v) is 8.26. The molecule has 0 aliphatic carbocycles. The van der Waals surface area contributed by atoms with Gasteiger partial charge in [0.1, 0.15) is 16.4 Å². The number of nitrogens with zero attached hydrogens (tertiary/aromatic N) is 2. The van der Waals surface area contributed by atoms with Crippen LogP contribution in [0.5, 0.6) is 0 Å². The minimum Gasteiger partial charge on any atom is -0.464 e. The number of sulfonamides is 1. The number of aromatic nitrogens is 2. The molecule has 2 aromatic rings. The lowest BCUT2D eigenvalue weighted by molar-refractivity contribution is 0.478. The molecule has 2 heterocycles. The molecule has 3 N–H and O–H groups in total. The maximum Gasteiger partial charge on any atom is 0.244 e. The molecule has 116 valence electrons. The molecule has 0 spiro atoms. The van der Waals surface area contributed by atoms with E-state index in [9.17, 15) is 8.42 Å². The molecule has 21 heavy (non-hydrogen) atoms. The Balaban J connectivity index is 1.82. The van der Waals surface area contributed by atoms with Crippen LogP contribution < -0.4 is 10.5 Å². The molecule has 0 bridgehead atoms. The molecule has 0 saturated carbocycles. The molecule has 7 nitrogen and oxygen atoms in total. The molecule has 0 saturated heterocycles. The van der Waals surface area contributed by atoms with E-state index in [-0.39, 0.29) is 11.4 Å². The van der Waals surface area contributed by atoms with E-state index in [0.717, 1.165) is 19.4 Å². The molecule has 8 heteroatoms. The van der Waals surface area contributed by atoms with Crippen LogP contribution in [0.2, 0.25) is 0 Å². The summed E-state index contributed by atoms with van der Waals surface area (Å²) in [4.78, 5) is 4.12. The number of imidazole rings is 1. The highest BCUT2D eigenvalue weighted by Crippen LogP contribution is 2.19. The number of aryl methyl sites for hydroxylation is 2. The lowest BCUT2D eigenvalue weighted by Crippen LogP contribution is -2.25. The van der Waals surface area contributed by atoms with Gasteiger partial charge < -0.3 is 14.7 Å². The Hall–Kier alpha value is -1.64. The number of rotatable bonds is 8. The second kappa shape index (κ2) is 6.88. The van der Waals surface area contributed by atoms with E-state index >= 15 is 0 Å². The molecular formula is C13H20N4O3S. The van der Waals surface area contributed by atoms with E-state index in [4.69, 9.17) is 10.2 Å². The van der Waals surface area contributed by atoms with Gasteiger partial charge in [0, 0.05) is 31.5 Å². The Morgan fingerprint density at radius 2 is 2.24 bits per heavy atom. The molecule has 0 amide bonds. The Labute approximate surface area is 124 Å². The summed E-state index contributed by atoms with van der Waals surface area (Å²) in [5.74, 6) is 0.828. The first-order chi connectivity index (χ1) is 10.0. The van der Waals surface area contributed by atoms with Gasteiger partial charge in [-0.2, -0.15) is 0 Å². The predicted molar refractivity (Wildman–Crippen MR) is 78.0 cm³/mol. The number of hydrogen-bond donors (Lipinski definition) is 2. The van der Waals surface area contributed by atoms with Crippen molar-refractivity contribution >= 4 is 10.0 Å². The van der Waals surface area contributed by atoms with Gasteiger partial charge in [-0.25, -0.2) is 18.1 Å². The second-order valence-corrected chi connectivity index (χ2v) is 6.48. The predicted octanol–water partition coefficient (Wildman–Crippen LogP) is 1.00. The summed E-state index contributed by atoms with van der Waals surface area (Å²) < 4.78 is 34.1. The zero-order valence-corrected chi connectivity index (χ0v) is 12.8. The van der Waals surface area contributed by atoms with E-state index in [1.807, 2.05) is 10.8 Å². The Bertz CT molecular complexity index is 662. The minimum absolute atomic E-state index is 0.164. The van der Waals surface area contributed by atoms with Gasteiger partial charge in [-0.05, 0) is 19.8 Å². The number of nitrogens with one attached hydrogen (secondary N) is 1. The largest absolute Gasteiger partial charge is 0.464 e. The van der Waals surface area contributed by atoms with Crippen molar-refractivity contribution in [1.82, 2.24) is 14.3 Å². The van der Waals surface area contributed by atoms with Crippen LogP contribution in [0, 0.1) is 6.92 Å². The first kappa shape index (κ1) is 15.7. The maximum absolute atomic E-state index is 12.1. The van der Waals surface area contributed by atoms with E-state index in [0.29, 0.717) is 18.1 Å². The van der Waals surface area contributed by atoms with Crippen molar-refractivity contribution in [3.63, 3.8) is 0 Å². The number of unbranched alkanes of at least 4 members (excludes halogenated alkanes) is 1. The normalized spacial score (nSPS) is 11.9. The fourth-order valence-electron chi connectivity index (χ4n) is 2.01. The SMILES string of the molecule is Cc1oc(CN)cc1S(=O)(=O)NCCCCn1ccnc1. The average molecular weight is 312 g/mol. The van der Waals surface area contributed by atoms with Gasteiger partial charge in [0.05, 0.1) is 12.9 Å². The van der Waals surface area contributed by atoms with Crippen LogP contribution in [-0.2, 0) is 23.1 Å². The highest BCUT2D eigenvalue weighted by Gasteiger charge is 2.20. The highest BCUT2D eigenvalue weighted by atomic mass is 32.2. The standard InChI is InChI=1S/C13H20N4O3S/c1-11-13(8-12(9-14)20-11)21(18,19)16-4-2-3-6-17-7-5-15-10-17/h5,7-8,10,16H,2-4,6,9,14H2,1H3. The van der Waals surface area contributed by atoms with Crippen LogP contribution in [0.25, 0.3) is 0 Å². The van der Waals surface area contributed by atoms with Crippen molar-refractivity contribution in [2.45, 2.75) is 37.8 Å². The van der Waals surface area contributed by atoms with Gasteiger partial charge in [-0.1, -0.05) is 0 Å². The quantitative estimate of drug-likeness (QED) is 0.708. The van der Waals surface area contributed by atoms with Gasteiger partial charge >= 0.3 is 0 Å².